The topological polar surface area (TPSA) is 52.3 Å². The lowest BCUT2D eigenvalue weighted by Crippen LogP contribution is -2.14. The van der Waals surface area contributed by atoms with E-state index in [4.69, 9.17) is 5.73 Å². The molecule has 0 spiro atoms. The number of ether oxygens (including phenoxy) is 1. The molecule has 0 aliphatic carbocycles. The molecular formula is C12H17NO2. The second-order valence-electron chi connectivity index (χ2n) is 3.81. The average molecular weight is 207 g/mol. The molecule has 3 nitrogen and oxygen atoms in total. The second-order valence-corrected chi connectivity index (χ2v) is 3.81. The predicted octanol–water partition coefficient (Wildman–Crippen LogP) is 2.45. The zero-order chi connectivity index (χ0) is 11.3. The number of primary amides is 1. The van der Waals surface area contributed by atoms with E-state index in [2.05, 4.69) is 42.8 Å². The van der Waals surface area contributed by atoms with Crippen LogP contribution in [-0.4, -0.2) is 12.7 Å². The van der Waals surface area contributed by atoms with Gasteiger partial charge < -0.3 is 10.5 Å². The Balaban J connectivity index is 2.46. The molecule has 0 aromatic heterocycles. The summed E-state index contributed by atoms with van der Waals surface area (Å²) >= 11 is 0. The fraction of sp³-hybridized carbons (Fsp3) is 0.417. The van der Waals surface area contributed by atoms with Gasteiger partial charge >= 0.3 is 6.09 Å². The highest BCUT2D eigenvalue weighted by atomic mass is 16.5. The highest BCUT2D eigenvalue weighted by Crippen LogP contribution is 2.14. The van der Waals surface area contributed by atoms with Crippen LogP contribution in [0.15, 0.2) is 24.3 Å². The van der Waals surface area contributed by atoms with Crippen LogP contribution < -0.4 is 5.73 Å². The molecule has 82 valence electrons. The minimum atomic E-state index is -0.714. The summed E-state index contributed by atoms with van der Waals surface area (Å²) in [4.78, 5) is 10.3. The number of benzene rings is 1. The quantitative estimate of drug-likeness (QED) is 0.824. The van der Waals surface area contributed by atoms with Crippen molar-refractivity contribution >= 4 is 6.09 Å². The van der Waals surface area contributed by atoms with Crippen LogP contribution in [0.2, 0.25) is 0 Å². The Bertz CT molecular complexity index is 317. The van der Waals surface area contributed by atoms with E-state index >= 15 is 0 Å². The van der Waals surface area contributed by atoms with Crippen molar-refractivity contribution in [1.29, 1.82) is 0 Å². The van der Waals surface area contributed by atoms with E-state index in [1.165, 1.54) is 5.56 Å². The molecule has 0 heterocycles. The van der Waals surface area contributed by atoms with Gasteiger partial charge in [0.15, 0.2) is 0 Å². The van der Waals surface area contributed by atoms with Crippen molar-refractivity contribution in [2.45, 2.75) is 26.2 Å². The summed E-state index contributed by atoms with van der Waals surface area (Å²) < 4.78 is 4.66. The van der Waals surface area contributed by atoms with Crippen molar-refractivity contribution in [1.82, 2.24) is 0 Å². The van der Waals surface area contributed by atoms with Crippen molar-refractivity contribution in [3.05, 3.63) is 35.4 Å². The number of nitrogens with two attached hydrogens (primary N) is 1. The molecule has 1 aromatic carbocycles. The van der Waals surface area contributed by atoms with Gasteiger partial charge in [0.1, 0.15) is 0 Å². The first kappa shape index (κ1) is 11.6. The zero-order valence-corrected chi connectivity index (χ0v) is 9.19. The molecule has 2 N–H and O–H groups in total. The van der Waals surface area contributed by atoms with Gasteiger partial charge in [-0.3, -0.25) is 0 Å². The van der Waals surface area contributed by atoms with E-state index in [-0.39, 0.29) is 0 Å². The maximum Gasteiger partial charge on any atom is 0.404 e. The normalized spacial score (nSPS) is 10.3. The van der Waals surface area contributed by atoms with Gasteiger partial charge in [-0.15, -0.1) is 0 Å². The molecule has 0 radical (unpaired) electrons. The van der Waals surface area contributed by atoms with Crippen LogP contribution in [0.25, 0.3) is 0 Å². The Labute approximate surface area is 90.2 Å². The van der Waals surface area contributed by atoms with E-state index in [0.29, 0.717) is 18.9 Å². The van der Waals surface area contributed by atoms with Crippen molar-refractivity contribution in [3.63, 3.8) is 0 Å². The third kappa shape index (κ3) is 4.02. The molecule has 1 amide bonds. The number of hydrogen-bond donors (Lipinski definition) is 1. The summed E-state index contributed by atoms with van der Waals surface area (Å²) in [5.74, 6) is 0.543. The van der Waals surface area contributed by atoms with Gasteiger partial charge in [-0.1, -0.05) is 38.1 Å². The Morgan fingerprint density at radius 1 is 1.33 bits per heavy atom. The van der Waals surface area contributed by atoms with E-state index in [1.54, 1.807) is 0 Å². The van der Waals surface area contributed by atoms with Gasteiger partial charge in [-0.25, -0.2) is 4.79 Å². The van der Waals surface area contributed by atoms with E-state index < -0.39 is 6.09 Å². The average Bonchev–Trinajstić information content (AvgIpc) is 2.18. The summed E-state index contributed by atoms with van der Waals surface area (Å²) in [5.41, 5.74) is 7.33. The Hall–Kier alpha value is -1.51. The zero-order valence-electron chi connectivity index (χ0n) is 9.19. The van der Waals surface area contributed by atoms with Gasteiger partial charge in [0.2, 0.25) is 0 Å². The van der Waals surface area contributed by atoms with Crippen molar-refractivity contribution in [3.8, 4) is 0 Å². The fourth-order valence-corrected chi connectivity index (χ4v) is 1.34. The lowest BCUT2D eigenvalue weighted by atomic mass is 10.0. The van der Waals surface area contributed by atoms with Crippen molar-refractivity contribution in [2.75, 3.05) is 6.61 Å². The molecule has 0 bridgehead atoms. The van der Waals surface area contributed by atoms with Crippen LogP contribution in [0, 0.1) is 0 Å². The van der Waals surface area contributed by atoms with Crippen LogP contribution in [0.1, 0.15) is 30.9 Å². The smallest absolute Gasteiger partial charge is 0.404 e. The Morgan fingerprint density at radius 3 is 2.40 bits per heavy atom. The van der Waals surface area contributed by atoms with Crippen molar-refractivity contribution < 1.29 is 9.53 Å². The lowest BCUT2D eigenvalue weighted by molar-refractivity contribution is 0.158. The van der Waals surface area contributed by atoms with E-state index in [1.807, 2.05) is 0 Å². The first-order valence-corrected chi connectivity index (χ1v) is 5.10. The van der Waals surface area contributed by atoms with Crippen LogP contribution in [-0.2, 0) is 11.2 Å². The highest BCUT2D eigenvalue weighted by molar-refractivity contribution is 5.64. The van der Waals surface area contributed by atoms with Crippen LogP contribution in [0.3, 0.4) is 0 Å². The minimum absolute atomic E-state index is 0.344. The third-order valence-corrected chi connectivity index (χ3v) is 2.28. The molecule has 0 unspecified atom stereocenters. The summed E-state index contributed by atoms with van der Waals surface area (Å²) in [7, 11) is 0. The first-order chi connectivity index (χ1) is 7.09. The second kappa shape index (κ2) is 5.39. The number of carbonyl (C=O) groups is 1. The number of hydrogen-bond acceptors (Lipinski definition) is 2. The molecule has 1 rings (SSSR count). The van der Waals surface area contributed by atoms with E-state index in [0.717, 1.165) is 5.56 Å². The van der Waals surface area contributed by atoms with E-state index in [9.17, 15) is 4.79 Å². The largest absolute Gasteiger partial charge is 0.449 e. The third-order valence-electron chi connectivity index (χ3n) is 2.28. The van der Waals surface area contributed by atoms with Crippen LogP contribution >= 0.6 is 0 Å². The van der Waals surface area contributed by atoms with Crippen LogP contribution in [0.4, 0.5) is 4.79 Å². The predicted molar refractivity (Wildman–Crippen MR) is 59.8 cm³/mol. The molecule has 15 heavy (non-hydrogen) atoms. The molecule has 1 aromatic rings. The molecule has 0 aliphatic heterocycles. The highest BCUT2D eigenvalue weighted by Gasteiger charge is 1.99. The minimum Gasteiger partial charge on any atom is -0.449 e. The molecule has 0 saturated carbocycles. The first-order valence-electron chi connectivity index (χ1n) is 5.10. The molecule has 3 heteroatoms. The monoisotopic (exact) mass is 207 g/mol. The van der Waals surface area contributed by atoms with Gasteiger partial charge in [0.25, 0.3) is 0 Å². The summed E-state index contributed by atoms with van der Waals surface area (Å²) in [5, 5.41) is 0. The molecular weight excluding hydrogens is 190 g/mol. The van der Waals surface area contributed by atoms with Gasteiger partial charge in [-0.2, -0.15) is 0 Å². The maximum atomic E-state index is 10.3. The Morgan fingerprint density at radius 2 is 1.93 bits per heavy atom. The number of amides is 1. The standard InChI is InChI=1S/C12H17NO2/c1-9(2)11-5-3-10(4-6-11)7-8-15-12(13)14/h3-6,9H,7-8H2,1-2H3,(H2,13,14). The maximum absolute atomic E-state index is 10.3. The van der Waals surface area contributed by atoms with Crippen LogP contribution in [0.5, 0.6) is 0 Å². The summed E-state index contributed by atoms with van der Waals surface area (Å²) in [6.45, 7) is 4.66. The molecule has 0 atom stereocenters. The fourth-order valence-electron chi connectivity index (χ4n) is 1.34. The summed E-state index contributed by atoms with van der Waals surface area (Å²) in [6, 6.07) is 8.31. The number of rotatable bonds is 4. The molecule has 0 fully saturated rings. The summed E-state index contributed by atoms with van der Waals surface area (Å²) in [6.07, 6.45) is -0.00444. The Kier molecular flexibility index (Phi) is 4.16. The SMILES string of the molecule is CC(C)c1ccc(CCOC(N)=O)cc1. The lowest BCUT2D eigenvalue weighted by Gasteiger charge is -2.06. The molecule has 0 saturated heterocycles. The number of carbonyl (C=O) groups excluding carboxylic acids is 1. The van der Waals surface area contributed by atoms with Gasteiger partial charge in [0.05, 0.1) is 6.61 Å². The van der Waals surface area contributed by atoms with Gasteiger partial charge in [-0.05, 0) is 17.0 Å². The van der Waals surface area contributed by atoms with Crippen molar-refractivity contribution in [2.24, 2.45) is 5.73 Å². The van der Waals surface area contributed by atoms with Gasteiger partial charge in [0, 0.05) is 6.42 Å². The molecule has 0 aliphatic rings.